The van der Waals surface area contributed by atoms with Crippen LogP contribution in [0.3, 0.4) is 0 Å². The fourth-order valence-corrected chi connectivity index (χ4v) is 3.49. The van der Waals surface area contributed by atoms with Gasteiger partial charge >= 0.3 is 6.03 Å². The predicted octanol–water partition coefficient (Wildman–Crippen LogP) is 3.18. The third kappa shape index (κ3) is 3.91. The van der Waals surface area contributed by atoms with Crippen LogP contribution in [0.25, 0.3) is 0 Å². The Kier molecular flexibility index (Phi) is 5.11. The number of nitrogens with one attached hydrogen (secondary N) is 1. The van der Waals surface area contributed by atoms with Gasteiger partial charge in [-0.2, -0.15) is 0 Å². The number of carbonyl (C=O) groups excluding carboxylic acids is 1. The minimum absolute atomic E-state index is 0.148. The summed E-state index contributed by atoms with van der Waals surface area (Å²) in [5, 5.41) is 3.79. The average molecular weight is 349 g/mol. The van der Waals surface area contributed by atoms with E-state index in [-0.39, 0.29) is 18.0 Å². The molecule has 0 aliphatic carbocycles. The highest BCUT2D eigenvalue weighted by molar-refractivity contribution is 7.11. The van der Waals surface area contributed by atoms with E-state index in [1.54, 1.807) is 22.3 Å². The largest absolute Gasteiger partial charge is 0.370 e. The number of aromatic nitrogens is 1. The number of thiazole rings is 1. The molecule has 1 aliphatic heterocycles. The summed E-state index contributed by atoms with van der Waals surface area (Å²) in [5.41, 5.74) is 1.75. The number of morpholine rings is 1. The molecule has 7 heteroatoms. The lowest BCUT2D eigenvalue weighted by molar-refractivity contribution is -0.0156. The Morgan fingerprint density at radius 1 is 1.50 bits per heavy atom. The van der Waals surface area contributed by atoms with E-state index in [2.05, 4.69) is 10.3 Å². The molecule has 5 nitrogen and oxygen atoms in total. The van der Waals surface area contributed by atoms with Gasteiger partial charge in [-0.1, -0.05) is 12.1 Å². The van der Waals surface area contributed by atoms with Crippen LogP contribution in [0.2, 0.25) is 0 Å². The Labute approximate surface area is 144 Å². The van der Waals surface area contributed by atoms with Gasteiger partial charge in [-0.15, -0.1) is 11.3 Å². The van der Waals surface area contributed by atoms with E-state index in [1.807, 2.05) is 19.9 Å². The van der Waals surface area contributed by atoms with Gasteiger partial charge in [0.15, 0.2) is 0 Å². The summed E-state index contributed by atoms with van der Waals surface area (Å²) in [7, 11) is 0. The quantitative estimate of drug-likeness (QED) is 0.926. The number of amides is 2. The van der Waals surface area contributed by atoms with Crippen molar-refractivity contribution in [3.63, 3.8) is 0 Å². The van der Waals surface area contributed by atoms with Crippen LogP contribution in [-0.4, -0.2) is 35.6 Å². The topological polar surface area (TPSA) is 54.5 Å². The molecule has 0 saturated carbocycles. The van der Waals surface area contributed by atoms with Crippen molar-refractivity contribution < 1.29 is 13.9 Å². The summed E-state index contributed by atoms with van der Waals surface area (Å²) in [4.78, 5) is 19.7. The molecule has 1 aromatic carbocycles. The number of rotatable bonds is 3. The molecule has 1 N–H and O–H groups in total. The number of hydrogen-bond acceptors (Lipinski definition) is 4. The first-order valence-electron chi connectivity index (χ1n) is 7.85. The molecule has 2 amide bonds. The van der Waals surface area contributed by atoms with Gasteiger partial charge in [0.05, 0.1) is 25.4 Å². The standard InChI is InChI=1S/C17H20FN3O2S/c1-11-12(2)24-16(20-11)9-19-17(22)21-6-7-23-15(10-21)13-4-3-5-14(18)8-13/h3-5,8,15H,6-7,9-10H2,1-2H3,(H,19,22). The third-order valence-electron chi connectivity index (χ3n) is 4.04. The molecule has 1 unspecified atom stereocenters. The number of carbonyl (C=O) groups is 1. The monoisotopic (exact) mass is 349 g/mol. The van der Waals surface area contributed by atoms with Crippen molar-refractivity contribution in [3.05, 3.63) is 51.2 Å². The summed E-state index contributed by atoms with van der Waals surface area (Å²) < 4.78 is 19.0. The number of aryl methyl sites for hydroxylation is 2. The Morgan fingerprint density at radius 3 is 3.04 bits per heavy atom. The minimum atomic E-state index is -0.301. The van der Waals surface area contributed by atoms with Gasteiger partial charge in [0.1, 0.15) is 16.9 Å². The lowest BCUT2D eigenvalue weighted by Gasteiger charge is -2.33. The Morgan fingerprint density at radius 2 is 2.33 bits per heavy atom. The molecule has 1 atom stereocenters. The molecule has 0 radical (unpaired) electrons. The van der Waals surface area contributed by atoms with Gasteiger partial charge in [-0.05, 0) is 31.5 Å². The summed E-state index contributed by atoms with van der Waals surface area (Å²) in [6, 6.07) is 6.17. The molecule has 0 spiro atoms. The molecule has 128 valence electrons. The highest BCUT2D eigenvalue weighted by Gasteiger charge is 2.25. The lowest BCUT2D eigenvalue weighted by atomic mass is 10.1. The summed E-state index contributed by atoms with van der Waals surface area (Å²) in [6.45, 7) is 5.76. The number of urea groups is 1. The molecule has 1 aromatic heterocycles. The number of benzene rings is 1. The normalized spacial score (nSPS) is 17.8. The van der Waals surface area contributed by atoms with Crippen molar-refractivity contribution in [1.82, 2.24) is 15.2 Å². The van der Waals surface area contributed by atoms with Crippen LogP contribution in [0, 0.1) is 19.7 Å². The van der Waals surface area contributed by atoms with Crippen molar-refractivity contribution >= 4 is 17.4 Å². The van der Waals surface area contributed by atoms with Crippen molar-refractivity contribution in [1.29, 1.82) is 0 Å². The zero-order chi connectivity index (χ0) is 17.1. The zero-order valence-electron chi connectivity index (χ0n) is 13.7. The second-order valence-electron chi connectivity index (χ2n) is 5.77. The second-order valence-corrected chi connectivity index (χ2v) is 7.06. The van der Waals surface area contributed by atoms with Crippen LogP contribution in [0.1, 0.15) is 27.2 Å². The van der Waals surface area contributed by atoms with Gasteiger partial charge < -0.3 is 15.0 Å². The Hall–Kier alpha value is -1.99. The molecule has 2 aromatic rings. The maximum atomic E-state index is 13.4. The number of halogens is 1. The van der Waals surface area contributed by atoms with Crippen molar-refractivity contribution in [2.45, 2.75) is 26.5 Å². The molecular weight excluding hydrogens is 329 g/mol. The highest BCUT2D eigenvalue weighted by Crippen LogP contribution is 2.23. The second kappa shape index (κ2) is 7.27. The number of hydrogen-bond donors (Lipinski definition) is 1. The number of ether oxygens (including phenoxy) is 1. The van der Waals surface area contributed by atoms with Crippen LogP contribution in [0.5, 0.6) is 0 Å². The molecule has 3 rings (SSSR count). The maximum Gasteiger partial charge on any atom is 0.317 e. The van der Waals surface area contributed by atoms with Crippen molar-refractivity contribution in [3.8, 4) is 0 Å². The summed E-state index contributed by atoms with van der Waals surface area (Å²) in [6.07, 6.45) is -0.301. The molecule has 2 heterocycles. The maximum absolute atomic E-state index is 13.4. The molecular formula is C17H20FN3O2S. The van der Waals surface area contributed by atoms with Gasteiger partial charge in [0.25, 0.3) is 0 Å². The third-order valence-corrected chi connectivity index (χ3v) is 5.11. The molecule has 0 bridgehead atoms. The SMILES string of the molecule is Cc1nc(CNC(=O)N2CCOC(c3cccc(F)c3)C2)sc1C. The smallest absolute Gasteiger partial charge is 0.317 e. The zero-order valence-corrected chi connectivity index (χ0v) is 14.5. The van der Waals surface area contributed by atoms with Gasteiger partial charge in [0, 0.05) is 11.4 Å². The first kappa shape index (κ1) is 16.9. The van der Waals surface area contributed by atoms with Crippen LogP contribution < -0.4 is 5.32 Å². The van der Waals surface area contributed by atoms with Crippen molar-refractivity contribution in [2.75, 3.05) is 19.7 Å². The van der Waals surface area contributed by atoms with E-state index in [9.17, 15) is 9.18 Å². The van der Waals surface area contributed by atoms with E-state index in [4.69, 9.17) is 4.74 Å². The van der Waals surface area contributed by atoms with Crippen LogP contribution in [0.4, 0.5) is 9.18 Å². The van der Waals surface area contributed by atoms with E-state index >= 15 is 0 Å². The predicted molar refractivity (Wildman–Crippen MR) is 90.5 cm³/mol. The van der Waals surface area contributed by atoms with Crippen LogP contribution in [0.15, 0.2) is 24.3 Å². The van der Waals surface area contributed by atoms with E-state index in [0.717, 1.165) is 21.1 Å². The molecule has 1 aliphatic rings. The van der Waals surface area contributed by atoms with E-state index < -0.39 is 0 Å². The highest BCUT2D eigenvalue weighted by atomic mass is 32.1. The molecule has 24 heavy (non-hydrogen) atoms. The molecule has 1 saturated heterocycles. The van der Waals surface area contributed by atoms with Gasteiger partial charge in [0.2, 0.25) is 0 Å². The van der Waals surface area contributed by atoms with Gasteiger partial charge in [-0.25, -0.2) is 14.2 Å². The Bertz CT molecular complexity index is 715. The lowest BCUT2D eigenvalue weighted by Crippen LogP contribution is -2.46. The van der Waals surface area contributed by atoms with E-state index in [0.29, 0.717) is 26.2 Å². The first-order chi connectivity index (χ1) is 11.5. The minimum Gasteiger partial charge on any atom is -0.370 e. The number of nitrogens with zero attached hydrogens (tertiary/aromatic N) is 2. The van der Waals surface area contributed by atoms with Crippen LogP contribution >= 0.6 is 11.3 Å². The fourth-order valence-electron chi connectivity index (χ4n) is 2.62. The van der Waals surface area contributed by atoms with Crippen molar-refractivity contribution in [2.24, 2.45) is 0 Å². The van der Waals surface area contributed by atoms with Crippen LogP contribution in [-0.2, 0) is 11.3 Å². The van der Waals surface area contributed by atoms with E-state index in [1.165, 1.54) is 12.1 Å². The summed E-state index contributed by atoms with van der Waals surface area (Å²) in [5.74, 6) is -0.299. The van der Waals surface area contributed by atoms with Gasteiger partial charge in [-0.3, -0.25) is 0 Å². The fraction of sp³-hybridized carbons (Fsp3) is 0.412. The average Bonchev–Trinajstić information content (AvgIpc) is 2.91. The summed E-state index contributed by atoms with van der Waals surface area (Å²) >= 11 is 1.59. The Balaban J connectivity index is 1.58. The first-order valence-corrected chi connectivity index (χ1v) is 8.67. The molecule has 1 fully saturated rings.